The molecule has 2 heterocycles. The molecule has 0 aromatic carbocycles. The summed E-state index contributed by atoms with van der Waals surface area (Å²) in [4.78, 5) is 14.6. The van der Waals surface area contributed by atoms with Gasteiger partial charge in [0.15, 0.2) is 0 Å². The molecule has 0 atom stereocenters. The van der Waals surface area contributed by atoms with Gasteiger partial charge in [0, 0.05) is 44.5 Å². The number of rotatable bonds is 5. The van der Waals surface area contributed by atoms with E-state index in [4.69, 9.17) is 4.74 Å². The maximum Gasteiger partial charge on any atom is 0.355 e. The summed E-state index contributed by atoms with van der Waals surface area (Å²) in [5.41, 5.74) is 1.33. The Balaban J connectivity index is 2.41. The van der Waals surface area contributed by atoms with Crippen LogP contribution in [0.2, 0.25) is 0 Å². The number of nitrogens with zero attached hydrogens (tertiary/aromatic N) is 3. The molecule has 1 aliphatic heterocycles. The van der Waals surface area contributed by atoms with Crippen molar-refractivity contribution in [1.29, 1.82) is 0 Å². The molecule has 8 heteroatoms. The standard InChI is InChI=1S/C16H27N3O4S/c1-6-18-8-10-19(11-9-18)24(21,22)15-12(3)14(16(20)23-7-2)17(5)13(15)4/h6-11H2,1-5H3. The summed E-state index contributed by atoms with van der Waals surface area (Å²) in [6.07, 6.45) is 0. The van der Waals surface area contributed by atoms with E-state index < -0.39 is 16.0 Å². The SMILES string of the molecule is CCOC(=O)c1c(C)c(S(=O)(=O)N2CCN(CC)CC2)c(C)n1C. The molecule has 0 saturated carbocycles. The number of hydrogen-bond acceptors (Lipinski definition) is 5. The van der Waals surface area contributed by atoms with Crippen LogP contribution in [0, 0.1) is 13.8 Å². The zero-order chi connectivity index (χ0) is 18.1. The first kappa shape index (κ1) is 19.0. The average molecular weight is 357 g/mol. The second-order valence-electron chi connectivity index (χ2n) is 6.01. The van der Waals surface area contributed by atoms with E-state index in [1.807, 2.05) is 0 Å². The molecule has 2 rings (SSSR count). The van der Waals surface area contributed by atoms with Crippen LogP contribution >= 0.6 is 0 Å². The molecule has 0 N–H and O–H groups in total. The number of sulfonamides is 1. The Morgan fingerprint density at radius 3 is 2.21 bits per heavy atom. The minimum Gasteiger partial charge on any atom is -0.461 e. The number of likely N-dealkylation sites (N-methyl/N-ethyl adjacent to an activating group) is 1. The summed E-state index contributed by atoms with van der Waals surface area (Å²) in [5.74, 6) is -0.488. The topological polar surface area (TPSA) is 71.8 Å². The lowest BCUT2D eigenvalue weighted by Gasteiger charge is -2.33. The summed E-state index contributed by atoms with van der Waals surface area (Å²) < 4.78 is 34.4. The Bertz CT molecular complexity index is 716. The first-order chi connectivity index (χ1) is 11.3. The minimum absolute atomic E-state index is 0.234. The molecule has 0 spiro atoms. The summed E-state index contributed by atoms with van der Waals surface area (Å²) >= 11 is 0. The summed E-state index contributed by atoms with van der Waals surface area (Å²) in [6.45, 7) is 10.8. The maximum atomic E-state index is 13.1. The summed E-state index contributed by atoms with van der Waals surface area (Å²) in [6, 6.07) is 0. The molecule has 0 bridgehead atoms. The van der Waals surface area contributed by atoms with Crippen LogP contribution in [0.15, 0.2) is 4.90 Å². The van der Waals surface area contributed by atoms with Crippen LogP contribution in [-0.4, -0.2) is 67.5 Å². The molecule has 0 aliphatic carbocycles. The molecule has 1 saturated heterocycles. The molecule has 136 valence electrons. The molecular formula is C16H27N3O4S. The molecule has 1 fully saturated rings. The van der Waals surface area contributed by atoms with E-state index in [2.05, 4.69) is 11.8 Å². The largest absolute Gasteiger partial charge is 0.461 e. The van der Waals surface area contributed by atoms with Crippen LogP contribution in [-0.2, 0) is 21.8 Å². The van der Waals surface area contributed by atoms with Crippen LogP contribution in [0.5, 0.6) is 0 Å². The van der Waals surface area contributed by atoms with Crippen molar-refractivity contribution in [2.24, 2.45) is 7.05 Å². The van der Waals surface area contributed by atoms with Crippen LogP contribution < -0.4 is 0 Å². The number of hydrogen-bond donors (Lipinski definition) is 0. The summed E-state index contributed by atoms with van der Waals surface area (Å²) in [7, 11) is -1.93. The van der Waals surface area contributed by atoms with E-state index in [1.54, 1.807) is 32.4 Å². The number of ether oxygens (including phenoxy) is 1. The van der Waals surface area contributed by atoms with Gasteiger partial charge in [-0.3, -0.25) is 0 Å². The molecule has 0 amide bonds. The number of carbonyl (C=O) groups is 1. The van der Waals surface area contributed by atoms with Gasteiger partial charge in [-0.2, -0.15) is 4.31 Å². The van der Waals surface area contributed by atoms with E-state index in [9.17, 15) is 13.2 Å². The monoisotopic (exact) mass is 357 g/mol. The van der Waals surface area contributed by atoms with E-state index in [-0.39, 0.29) is 11.5 Å². The lowest BCUT2D eigenvalue weighted by molar-refractivity contribution is 0.0514. The maximum absolute atomic E-state index is 13.1. The second kappa shape index (κ2) is 7.25. The van der Waals surface area contributed by atoms with Gasteiger partial charge in [0.2, 0.25) is 10.0 Å². The van der Waals surface area contributed by atoms with Gasteiger partial charge in [-0.15, -0.1) is 0 Å². The molecule has 24 heavy (non-hydrogen) atoms. The van der Waals surface area contributed by atoms with Crippen molar-refractivity contribution in [3.63, 3.8) is 0 Å². The highest BCUT2D eigenvalue weighted by molar-refractivity contribution is 7.89. The van der Waals surface area contributed by atoms with Crippen molar-refractivity contribution < 1.29 is 17.9 Å². The van der Waals surface area contributed by atoms with Gasteiger partial charge in [0.1, 0.15) is 10.6 Å². The van der Waals surface area contributed by atoms with Crippen molar-refractivity contribution in [3.8, 4) is 0 Å². The molecule has 0 unspecified atom stereocenters. The molecule has 0 radical (unpaired) electrons. The van der Waals surface area contributed by atoms with Crippen molar-refractivity contribution in [2.45, 2.75) is 32.6 Å². The van der Waals surface area contributed by atoms with Crippen molar-refractivity contribution in [1.82, 2.24) is 13.8 Å². The third-order valence-corrected chi connectivity index (χ3v) is 6.87. The highest BCUT2D eigenvalue weighted by Gasteiger charge is 2.35. The van der Waals surface area contributed by atoms with Gasteiger partial charge in [0.05, 0.1) is 6.61 Å². The third-order valence-electron chi connectivity index (χ3n) is 4.71. The Kier molecular flexibility index (Phi) is 5.72. The lowest BCUT2D eigenvalue weighted by Crippen LogP contribution is -2.48. The predicted octanol–water partition coefficient (Wildman–Crippen LogP) is 1.14. The summed E-state index contributed by atoms with van der Waals surface area (Å²) in [5, 5.41) is 0. The number of esters is 1. The molecule has 1 aromatic heterocycles. The van der Waals surface area contributed by atoms with Crippen molar-refractivity contribution in [2.75, 3.05) is 39.3 Å². The lowest BCUT2D eigenvalue weighted by atomic mass is 10.2. The smallest absolute Gasteiger partial charge is 0.355 e. The Morgan fingerprint density at radius 2 is 1.71 bits per heavy atom. The molecular weight excluding hydrogens is 330 g/mol. The van der Waals surface area contributed by atoms with Crippen molar-refractivity contribution in [3.05, 3.63) is 17.0 Å². The van der Waals surface area contributed by atoms with Crippen LogP contribution in [0.4, 0.5) is 0 Å². The van der Waals surface area contributed by atoms with Gasteiger partial charge < -0.3 is 14.2 Å². The van der Waals surface area contributed by atoms with E-state index >= 15 is 0 Å². The Labute approximate surface area is 144 Å². The average Bonchev–Trinajstić information content (AvgIpc) is 2.77. The Morgan fingerprint density at radius 1 is 1.12 bits per heavy atom. The van der Waals surface area contributed by atoms with E-state index in [1.165, 1.54) is 4.31 Å². The minimum atomic E-state index is -3.63. The van der Waals surface area contributed by atoms with Crippen LogP contribution in [0.3, 0.4) is 0 Å². The van der Waals surface area contributed by atoms with E-state index in [0.29, 0.717) is 30.0 Å². The first-order valence-electron chi connectivity index (χ1n) is 8.31. The quantitative estimate of drug-likeness (QED) is 0.739. The zero-order valence-corrected chi connectivity index (χ0v) is 15.9. The van der Waals surface area contributed by atoms with Gasteiger partial charge in [0.25, 0.3) is 0 Å². The fourth-order valence-electron chi connectivity index (χ4n) is 3.24. The number of aromatic nitrogens is 1. The highest BCUT2D eigenvalue weighted by Crippen LogP contribution is 2.29. The fraction of sp³-hybridized carbons (Fsp3) is 0.688. The van der Waals surface area contributed by atoms with Crippen molar-refractivity contribution >= 4 is 16.0 Å². The fourth-order valence-corrected chi connectivity index (χ4v) is 5.13. The van der Waals surface area contributed by atoms with Crippen LogP contribution in [0.25, 0.3) is 0 Å². The number of carbonyl (C=O) groups excluding carboxylic acids is 1. The Hall–Kier alpha value is -1.38. The molecule has 1 aromatic rings. The predicted molar refractivity (Wildman–Crippen MR) is 91.7 cm³/mol. The van der Waals surface area contributed by atoms with E-state index in [0.717, 1.165) is 19.6 Å². The third kappa shape index (κ3) is 3.22. The highest BCUT2D eigenvalue weighted by atomic mass is 32.2. The normalized spacial score (nSPS) is 17.2. The van der Waals surface area contributed by atoms with Crippen LogP contribution in [0.1, 0.15) is 35.6 Å². The molecule has 1 aliphatic rings. The molecule has 7 nitrogen and oxygen atoms in total. The van der Waals surface area contributed by atoms with Gasteiger partial charge in [-0.1, -0.05) is 6.92 Å². The second-order valence-corrected chi connectivity index (χ2v) is 7.88. The van der Waals surface area contributed by atoms with Gasteiger partial charge in [-0.25, -0.2) is 13.2 Å². The number of piperazine rings is 1. The zero-order valence-electron chi connectivity index (χ0n) is 15.1. The van der Waals surface area contributed by atoms with Gasteiger partial charge in [-0.05, 0) is 27.3 Å². The first-order valence-corrected chi connectivity index (χ1v) is 9.75. The van der Waals surface area contributed by atoms with Gasteiger partial charge >= 0.3 is 5.97 Å².